The lowest BCUT2D eigenvalue weighted by Gasteiger charge is -2.20. The molecule has 1 aromatic heterocycles. The first-order valence-electron chi connectivity index (χ1n) is 6.46. The van der Waals surface area contributed by atoms with Crippen LogP contribution in [-0.2, 0) is 6.42 Å². The fourth-order valence-electron chi connectivity index (χ4n) is 2.14. The van der Waals surface area contributed by atoms with E-state index in [1.807, 2.05) is 24.5 Å². The Hall–Kier alpha value is -1.67. The third kappa shape index (κ3) is 2.77. The Balaban J connectivity index is 2.17. The summed E-state index contributed by atoms with van der Waals surface area (Å²) in [5.74, 6) is 0.292. The molecule has 1 aromatic carbocycles. The van der Waals surface area contributed by atoms with E-state index < -0.39 is 0 Å². The third-order valence-electron chi connectivity index (χ3n) is 3.54. The fourth-order valence-corrected chi connectivity index (χ4v) is 2.14. The molecule has 0 fully saturated rings. The molecular weight excluding hydrogens is 220 g/mol. The molecule has 0 radical (unpaired) electrons. The summed E-state index contributed by atoms with van der Waals surface area (Å²) >= 11 is 0. The van der Waals surface area contributed by atoms with Crippen molar-refractivity contribution < 1.29 is 0 Å². The second kappa shape index (κ2) is 5.78. The number of pyridine rings is 1. The molecule has 1 heterocycles. The molecule has 2 N–H and O–H groups in total. The van der Waals surface area contributed by atoms with Crippen LogP contribution in [0.15, 0.2) is 48.8 Å². The van der Waals surface area contributed by atoms with E-state index in [1.54, 1.807) is 0 Å². The number of rotatable bonds is 4. The monoisotopic (exact) mass is 240 g/mol. The molecular formula is C16H20N2. The highest BCUT2D eigenvalue weighted by Gasteiger charge is 2.16. The van der Waals surface area contributed by atoms with E-state index in [0.29, 0.717) is 5.92 Å². The zero-order valence-corrected chi connectivity index (χ0v) is 11.0. The highest BCUT2D eigenvalue weighted by atomic mass is 14.7. The average Bonchev–Trinajstić information content (AvgIpc) is 2.47. The highest BCUT2D eigenvalue weighted by Crippen LogP contribution is 2.28. The smallest absolute Gasteiger partial charge is 0.0361 e. The van der Waals surface area contributed by atoms with Crippen LogP contribution in [0.3, 0.4) is 0 Å². The molecule has 0 aliphatic heterocycles. The normalized spacial score (nSPS) is 14.2. The second-order valence-corrected chi connectivity index (χ2v) is 4.69. The number of hydrogen-bond acceptors (Lipinski definition) is 2. The van der Waals surface area contributed by atoms with E-state index in [0.717, 1.165) is 6.42 Å². The Kier molecular flexibility index (Phi) is 4.11. The van der Waals surface area contributed by atoms with Crippen LogP contribution in [-0.4, -0.2) is 4.98 Å². The second-order valence-electron chi connectivity index (χ2n) is 4.69. The minimum absolute atomic E-state index is 0.0262. The third-order valence-corrected chi connectivity index (χ3v) is 3.54. The number of hydrogen-bond donors (Lipinski definition) is 1. The molecule has 18 heavy (non-hydrogen) atoms. The standard InChI is InChI=1S/C16H20N2/c1-3-13-4-6-15(7-5-13)16(17)12(2)14-8-10-18-11-9-14/h4-12,16H,3,17H2,1-2H3. The van der Waals surface area contributed by atoms with Crippen LogP contribution in [0.4, 0.5) is 0 Å². The van der Waals surface area contributed by atoms with Crippen LogP contribution in [0.25, 0.3) is 0 Å². The van der Waals surface area contributed by atoms with E-state index in [1.165, 1.54) is 16.7 Å². The summed E-state index contributed by atoms with van der Waals surface area (Å²) in [6.45, 7) is 4.32. The number of nitrogens with two attached hydrogens (primary N) is 1. The lowest BCUT2D eigenvalue weighted by atomic mass is 9.89. The maximum atomic E-state index is 6.34. The van der Waals surface area contributed by atoms with Gasteiger partial charge in [-0.05, 0) is 35.2 Å². The van der Waals surface area contributed by atoms with Crippen LogP contribution in [0.2, 0.25) is 0 Å². The molecule has 0 amide bonds. The van der Waals surface area contributed by atoms with Gasteiger partial charge in [0.1, 0.15) is 0 Å². The minimum Gasteiger partial charge on any atom is -0.323 e. The highest BCUT2D eigenvalue weighted by molar-refractivity contribution is 5.28. The van der Waals surface area contributed by atoms with Gasteiger partial charge in [-0.15, -0.1) is 0 Å². The fraction of sp³-hybridized carbons (Fsp3) is 0.312. The number of aryl methyl sites for hydroxylation is 1. The SMILES string of the molecule is CCc1ccc(C(N)C(C)c2ccncc2)cc1. The van der Waals surface area contributed by atoms with E-state index >= 15 is 0 Å². The Labute approximate surface area is 109 Å². The lowest BCUT2D eigenvalue weighted by molar-refractivity contribution is 0.597. The average molecular weight is 240 g/mol. The minimum atomic E-state index is 0.0262. The van der Waals surface area contributed by atoms with Gasteiger partial charge in [-0.2, -0.15) is 0 Å². The predicted molar refractivity (Wildman–Crippen MR) is 75.4 cm³/mol. The largest absolute Gasteiger partial charge is 0.323 e. The summed E-state index contributed by atoms with van der Waals surface area (Å²) in [5.41, 5.74) is 10.1. The van der Waals surface area contributed by atoms with Gasteiger partial charge >= 0.3 is 0 Å². The topological polar surface area (TPSA) is 38.9 Å². The summed E-state index contributed by atoms with van der Waals surface area (Å²) < 4.78 is 0. The summed E-state index contributed by atoms with van der Waals surface area (Å²) in [7, 11) is 0. The molecule has 0 saturated heterocycles. The molecule has 2 unspecified atom stereocenters. The van der Waals surface area contributed by atoms with Gasteiger partial charge in [-0.3, -0.25) is 4.98 Å². The van der Waals surface area contributed by atoms with Crippen molar-refractivity contribution in [2.24, 2.45) is 5.73 Å². The van der Waals surface area contributed by atoms with Crippen molar-refractivity contribution in [2.45, 2.75) is 32.2 Å². The van der Waals surface area contributed by atoms with Crippen LogP contribution < -0.4 is 5.73 Å². The molecule has 2 heteroatoms. The molecule has 0 spiro atoms. The van der Waals surface area contributed by atoms with E-state index in [-0.39, 0.29) is 6.04 Å². The first-order valence-corrected chi connectivity index (χ1v) is 6.46. The maximum Gasteiger partial charge on any atom is 0.0361 e. The van der Waals surface area contributed by atoms with Crippen molar-refractivity contribution in [3.05, 3.63) is 65.5 Å². The van der Waals surface area contributed by atoms with Gasteiger partial charge in [-0.1, -0.05) is 38.1 Å². The molecule has 0 bridgehead atoms. The van der Waals surface area contributed by atoms with Crippen molar-refractivity contribution in [1.82, 2.24) is 4.98 Å². The zero-order chi connectivity index (χ0) is 13.0. The number of nitrogens with zero attached hydrogens (tertiary/aromatic N) is 1. The van der Waals surface area contributed by atoms with Gasteiger partial charge in [-0.25, -0.2) is 0 Å². The molecule has 0 saturated carbocycles. The van der Waals surface area contributed by atoms with Crippen LogP contribution in [0.1, 0.15) is 42.5 Å². The lowest BCUT2D eigenvalue weighted by Crippen LogP contribution is -2.17. The molecule has 2 atom stereocenters. The quantitative estimate of drug-likeness (QED) is 0.889. The molecule has 0 aliphatic rings. The van der Waals surface area contributed by atoms with Gasteiger partial charge in [0.25, 0.3) is 0 Å². The van der Waals surface area contributed by atoms with Gasteiger partial charge < -0.3 is 5.73 Å². The Morgan fingerprint density at radius 1 is 1.00 bits per heavy atom. The Bertz CT molecular complexity index is 476. The van der Waals surface area contributed by atoms with Gasteiger partial charge in [0.2, 0.25) is 0 Å². The number of aromatic nitrogens is 1. The molecule has 2 rings (SSSR count). The van der Waals surface area contributed by atoms with Crippen molar-refractivity contribution >= 4 is 0 Å². The summed E-state index contributed by atoms with van der Waals surface area (Å²) in [6.07, 6.45) is 4.70. The van der Waals surface area contributed by atoms with E-state index in [9.17, 15) is 0 Å². The Morgan fingerprint density at radius 2 is 1.61 bits per heavy atom. The van der Waals surface area contributed by atoms with Crippen LogP contribution in [0, 0.1) is 0 Å². The van der Waals surface area contributed by atoms with Gasteiger partial charge in [0.15, 0.2) is 0 Å². The Morgan fingerprint density at radius 3 is 2.17 bits per heavy atom. The van der Waals surface area contributed by atoms with Crippen molar-refractivity contribution in [2.75, 3.05) is 0 Å². The predicted octanol–water partition coefficient (Wildman–Crippen LogP) is 3.45. The van der Waals surface area contributed by atoms with Crippen LogP contribution >= 0.6 is 0 Å². The van der Waals surface area contributed by atoms with Gasteiger partial charge in [0.05, 0.1) is 0 Å². The molecule has 94 valence electrons. The number of benzene rings is 1. The van der Waals surface area contributed by atoms with Crippen molar-refractivity contribution in [1.29, 1.82) is 0 Å². The van der Waals surface area contributed by atoms with Crippen LogP contribution in [0.5, 0.6) is 0 Å². The molecule has 0 aliphatic carbocycles. The van der Waals surface area contributed by atoms with Crippen molar-refractivity contribution in [3.8, 4) is 0 Å². The van der Waals surface area contributed by atoms with E-state index in [4.69, 9.17) is 5.73 Å². The zero-order valence-electron chi connectivity index (χ0n) is 11.0. The molecule has 2 aromatic rings. The van der Waals surface area contributed by atoms with Gasteiger partial charge in [0, 0.05) is 24.4 Å². The molecule has 2 nitrogen and oxygen atoms in total. The van der Waals surface area contributed by atoms with Crippen molar-refractivity contribution in [3.63, 3.8) is 0 Å². The first-order chi connectivity index (χ1) is 8.72. The van der Waals surface area contributed by atoms with E-state index in [2.05, 4.69) is 43.1 Å². The maximum absolute atomic E-state index is 6.34. The summed E-state index contributed by atoms with van der Waals surface area (Å²) in [5, 5.41) is 0. The summed E-state index contributed by atoms with van der Waals surface area (Å²) in [6, 6.07) is 12.7. The summed E-state index contributed by atoms with van der Waals surface area (Å²) in [4.78, 5) is 4.04. The first kappa shape index (κ1) is 12.8.